The van der Waals surface area contributed by atoms with Gasteiger partial charge in [0.05, 0.1) is 32.5 Å². The summed E-state index contributed by atoms with van der Waals surface area (Å²) < 4.78 is 170. The average Bonchev–Trinajstić information content (AvgIpc) is 3.17. The van der Waals surface area contributed by atoms with Gasteiger partial charge in [0.1, 0.15) is 8.34 Å². The minimum Gasteiger partial charge on any atom is -0.478 e. The lowest BCUT2D eigenvalue weighted by Crippen LogP contribution is -2.57. The van der Waals surface area contributed by atoms with Crippen molar-refractivity contribution in [3.63, 3.8) is 0 Å². The van der Waals surface area contributed by atoms with E-state index < -0.39 is 74.6 Å². The number of carboxylic acids is 1. The second kappa shape index (κ2) is 27.0. The summed E-state index contributed by atoms with van der Waals surface area (Å²) in [4.78, 5) is 22.3. The standard InChI is InChI=1S/C16H9BrClF6NO2.C9H5BrClF6NO.C7H6O2.C3H6.2CH4.BClOP/c17-10-6-9(7-11(18)12(10)25)14(15(19,20)21,16(22,23)24)27-13(26)8-4-2-1-3-5-8;10-4-1-3(2-5(11)6(4)18)7(19,8(12,13)14)9(15,16)17;8-7(9)6-4-2-1-3-5-6;1-3-2;;;2-1-4-3/h1-7H,25H2;1-2,19H,18H2;1-5H,(H,8,9);3H,1H2,2H3;2*1H4;. The van der Waals surface area contributed by atoms with Gasteiger partial charge in [0.2, 0.25) is 0 Å². The number of ether oxygens (including phenoxy) is 1. The van der Waals surface area contributed by atoms with Crippen molar-refractivity contribution in [2.45, 2.75) is 57.7 Å². The molecule has 0 unspecified atom stereocenters. The summed E-state index contributed by atoms with van der Waals surface area (Å²) in [5.41, 5.74) is -2.82. The largest absolute Gasteiger partial charge is 0.478 e. The van der Waals surface area contributed by atoms with Crippen LogP contribution in [0, 0.1) is 0 Å². The highest BCUT2D eigenvalue weighted by atomic mass is 79.9. The molecule has 27 heteroatoms. The van der Waals surface area contributed by atoms with Crippen LogP contribution in [-0.4, -0.2) is 53.3 Å². The number of anilines is 2. The van der Waals surface area contributed by atoms with Crippen molar-refractivity contribution in [2.75, 3.05) is 11.5 Å². The van der Waals surface area contributed by atoms with E-state index in [1.54, 1.807) is 36.4 Å². The molecule has 4 aromatic rings. The Kier molecular flexibility index (Phi) is 27.3. The molecule has 0 spiro atoms. The van der Waals surface area contributed by atoms with E-state index in [1.165, 1.54) is 18.2 Å². The number of halogens is 17. The summed E-state index contributed by atoms with van der Waals surface area (Å²) in [5, 5.41) is 16.4. The van der Waals surface area contributed by atoms with Crippen molar-refractivity contribution >= 4 is 105 Å². The number of nitrogen functional groups attached to an aromatic ring is 2. The number of benzene rings is 4. The van der Waals surface area contributed by atoms with Gasteiger partial charge >= 0.3 is 48.7 Å². The molecule has 0 aromatic heterocycles. The second-order valence-corrected chi connectivity index (χ2v) is 14.6. The molecule has 0 heterocycles. The molecule has 0 saturated carbocycles. The van der Waals surface area contributed by atoms with Crippen LogP contribution in [0.15, 0.2) is 107 Å². The Labute approximate surface area is 392 Å². The predicted octanol–water partition coefficient (Wildman–Crippen LogP) is 14.8. The topological polar surface area (TPSA) is 153 Å². The fourth-order valence-corrected chi connectivity index (χ4v) is 5.67. The highest BCUT2D eigenvalue weighted by Gasteiger charge is 2.75. The van der Waals surface area contributed by atoms with Crippen LogP contribution in [0.4, 0.5) is 64.1 Å². The van der Waals surface area contributed by atoms with Crippen molar-refractivity contribution in [3.05, 3.63) is 139 Å². The fourth-order valence-electron chi connectivity index (χ4n) is 4.08. The maximum atomic E-state index is 13.7. The van der Waals surface area contributed by atoms with E-state index >= 15 is 0 Å². The minimum atomic E-state index is -6.05. The molecule has 1 radical (unpaired) electrons. The van der Waals surface area contributed by atoms with Crippen molar-refractivity contribution < 1.29 is 81.8 Å². The normalized spacial score (nSPS) is 11.4. The molecule has 0 bridgehead atoms. The molecular formula is C37H34BBr2Cl3F12N2O6P. The third-order valence-electron chi connectivity index (χ3n) is 6.92. The summed E-state index contributed by atoms with van der Waals surface area (Å²) in [5.74, 6) is -2.69. The van der Waals surface area contributed by atoms with Crippen molar-refractivity contribution in [2.24, 2.45) is 0 Å². The molecule has 6 N–H and O–H groups in total. The molecule has 0 aliphatic heterocycles. The van der Waals surface area contributed by atoms with Crippen LogP contribution >= 0.6 is 74.9 Å². The first kappa shape index (κ1) is 64.6. The molecule has 0 saturated heterocycles. The van der Waals surface area contributed by atoms with Gasteiger partial charge in [-0.2, -0.15) is 64.1 Å². The molecule has 0 atom stereocenters. The number of hydrogen-bond acceptors (Lipinski definition) is 7. The number of aromatic carboxylic acids is 1. The lowest BCUT2D eigenvalue weighted by atomic mass is 9.91. The van der Waals surface area contributed by atoms with Crippen LogP contribution < -0.4 is 11.5 Å². The quantitative estimate of drug-likeness (QED) is 0.0372. The van der Waals surface area contributed by atoms with Gasteiger partial charge in [-0.25, -0.2) is 9.59 Å². The predicted molar refractivity (Wildman–Crippen MR) is 231 cm³/mol. The zero-order chi connectivity index (χ0) is 48.7. The lowest BCUT2D eigenvalue weighted by molar-refractivity contribution is -0.376. The first-order valence-electron chi connectivity index (χ1n) is 15.6. The van der Waals surface area contributed by atoms with Gasteiger partial charge < -0.3 is 26.4 Å². The third-order valence-corrected chi connectivity index (χ3v) is 9.17. The Hall–Kier alpha value is -3.73. The Morgan fingerprint density at radius 1 is 0.703 bits per heavy atom. The first-order chi connectivity index (χ1) is 28.3. The minimum absolute atomic E-state index is 0. The summed E-state index contributed by atoms with van der Waals surface area (Å²) >= 11 is 21.2. The molecule has 0 amide bonds. The molecule has 0 aliphatic carbocycles. The van der Waals surface area contributed by atoms with Crippen LogP contribution in [-0.2, 0) is 20.5 Å². The van der Waals surface area contributed by atoms with Crippen LogP contribution in [0.3, 0.4) is 0 Å². The molecule has 4 aromatic carbocycles. The number of allylic oxidation sites excluding steroid dienone is 1. The zero-order valence-electron chi connectivity index (χ0n) is 30.5. The van der Waals surface area contributed by atoms with E-state index in [0.29, 0.717) is 29.8 Å². The smallest absolute Gasteiger partial charge is 0.442 e. The molecule has 64 heavy (non-hydrogen) atoms. The van der Waals surface area contributed by atoms with E-state index in [4.69, 9.17) is 60.9 Å². The maximum Gasteiger partial charge on any atom is 0.442 e. The van der Waals surface area contributed by atoms with Gasteiger partial charge in [-0.15, -0.1) is 6.58 Å². The number of rotatable bonds is 6. The first-order valence-corrected chi connectivity index (χ1v) is 19.3. The van der Waals surface area contributed by atoms with Crippen LogP contribution in [0.1, 0.15) is 53.6 Å². The number of carbonyl (C=O) groups is 2. The SMILES string of the molecule is C.C.C=CC.Nc1c(Cl)cc(C(O)(C(F)(F)F)C(F)(F)F)cc1Br.Nc1c(Cl)cc(C(OC(=O)c2ccccc2)(C(F)(F)F)C(F)(F)F)cc1Br.O=C(O)c1ccccc1.O=P[B]Cl. The summed E-state index contributed by atoms with van der Waals surface area (Å²) in [6.07, 6.45) is -21.3. The second-order valence-electron chi connectivity index (χ2n) is 11.1. The molecular weight excluding hydrogens is 1100 g/mol. The number of nitrogens with two attached hydrogens (primary N) is 2. The zero-order valence-corrected chi connectivity index (χ0v) is 36.8. The Morgan fingerprint density at radius 2 is 1.02 bits per heavy atom. The van der Waals surface area contributed by atoms with Crippen molar-refractivity contribution in [1.29, 1.82) is 0 Å². The highest BCUT2D eigenvalue weighted by Crippen LogP contribution is 2.55. The Bertz CT molecular complexity index is 2050. The van der Waals surface area contributed by atoms with Gasteiger partial charge in [-0.1, -0.05) is 80.5 Å². The maximum absolute atomic E-state index is 13.7. The van der Waals surface area contributed by atoms with Crippen molar-refractivity contribution in [3.8, 4) is 0 Å². The van der Waals surface area contributed by atoms with Crippen LogP contribution in [0.5, 0.6) is 0 Å². The van der Waals surface area contributed by atoms with E-state index in [9.17, 15) is 62.3 Å². The van der Waals surface area contributed by atoms with Gasteiger partial charge in [-0.3, -0.25) is 4.57 Å². The molecule has 0 aliphatic rings. The van der Waals surface area contributed by atoms with Gasteiger partial charge in [0.15, 0.2) is 0 Å². The third kappa shape index (κ3) is 16.9. The highest BCUT2D eigenvalue weighted by molar-refractivity contribution is 9.11. The summed E-state index contributed by atoms with van der Waals surface area (Å²) in [6, 6.07) is 15.8. The van der Waals surface area contributed by atoms with Gasteiger partial charge in [-0.05, 0) is 87.3 Å². The summed E-state index contributed by atoms with van der Waals surface area (Å²) in [6.45, 7) is 5.25. The number of aliphatic hydroxyl groups is 1. The number of esters is 1. The molecule has 355 valence electrons. The van der Waals surface area contributed by atoms with E-state index in [-0.39, 0.29) is 43.5 Å². The van der Waals surface area contributed by atoms with Crippen LogP contribution in [0.2, 0.25) is 10.0 Å². The monoisotopic (exact) mass is 1130 g/mol. The molecule has 8 nitrogen and oxygen atoms in total. The Balaban J connectivity index is -0.000000869. The Morgan fingerprint density at radius 3 is 1.28 bits per heavy atom. The summed E-state index contributed by atoms with van der Waals surface area (Å²) in [7, 11) is -0.111. The number of carbonyl (C=O) groups excluding carboxylic acids is 1. The van der Waals surface area contributed by atoms with Gasteiger partial charge in [0, 0.05) is 20.1 Å². The lowest BCUT2D eigenvalue weighted by Gasteiger charge is -2.37. The average molecular weight is 1140 g/mol. The van der Waals surface area contributed by atoms with E-state index in [0.717, 1.165) is 18.5 Å². The number of alkyl halides is 12. The fraction of sp³-hybridized carbons (Fsp3) is 0.243. The van der Waals surface area contributed by atoms with Crippen molar-refractivity contribution in [1.82, 2.24) is 0 Å². The van der Waals surface area contributed by atoms with Crippen LogP contribution in [0.25, 0.3) is 0 Å². The van der Waals surface area contributed by atoms with E-state index in [1.807, 2.05) is 6.92 Å². The number of hydrogen-bond donors (Lipinski definition) is 4. The molecule has 0 fully saturated rings. The number of carboxylic acid groups (broad SMARTS) is 1. The van der Waals surface area contributed by atoms with Gasteiger partial charge in [0.25, 0.3) is 5.60 Å². The molecule has 4 rings (SSSR count). The van der Waals surface area contributed by atoms with E-state index in [2.05, 4.69) is 43.2 Å².